The third-order valence-corrected chi connectivity index (χ3v) is 3.00. The third kappa shape index (κ3) is 3.22. The SMILES string of the molecule is CC(C)CCC(C)Nc1nc2ccc(F)cc2[nH]1. The van der Waals surface area contributed by atoms with Crippen LogP contribution in [0.5, 0.6) is 0 Å². The van der Waals surface area contributed by atoms with E-state index in [0.717, 1.165) is 17.5 Å². The molecular weight excluding hydrogens is 229 g/mol. The molecule has 1 heterocycles. The van der Waals surface area contributed by atoms with E-state index in [9.17, 15) is 4.39 Å². The smallest absolute Gasteiger partial charge is 0.201 e. The molecular formula is C14H20FN3. The number of nitrogens with one attached hydrogen (secondary N) is 2. The first-order valence-corrected chi connectivity index (χ1v) is 6.46. The highest BCUT2D eigenvalue weighted by Gasteiger charge is 2.07. The van der Waals surface area contributed by atoms with Crippen molar-refractivity contribution >= 4 is 17.0 Å². The van der Waals surface area contributed by atoms with Gasteiger partial charge in [0.2, 0.25) is 5.95 Å². The second-order valence-electron chi connectivity index (χ2n) is 5.26. The lowest BCUT2D eigenvalue weighted by molar-refractivity contribution is 0.526. The first-order valence-electron chi connectivity index (χ1n) is 6.46. The maximum absolute atomic E-state index is 13.0. The average Bonchev–Trinajstić information content (AvgIpc) is 2.67. The fourth-order valence-corrected chi connectivity index (χ4v) is 1.94. The molecule has 18 heavy (non-hydrogen) atoms. The number of hydrogen-bond acceptors (Lipinski definition) is 2. The molecule has 0 saturated heterocycles. The summed E-state index contributed by atoms with van der Waals surface area (Å²) in [6.45, 7) is 6.57. The first kappa shape index (κ1) is 12.9. The Balaban J connectivity index is 2.03. The zero-order valence-electron chi connectivity index (χ0n) is 11.1. The quantitative estimate of drug-likeness (QED) is 0.842. The molecule has 1 aromatic heterocycles. The average molecular weight is 249 g/mol. The molecule has 0 aliphatic carbocycles. The molecule has 0 aliphatic heterocycles. The van der Waals surface area contributed by atoms with Gasteiger partial charge in [-0.05, 0) is 43.9 Å². The zero-order valence-corrected chi connectivity index (χ0v) is 11.1. The van der Waals surface area contributed by atoms with E-state index in [4.69, 9.17) is 0 Å². The maximum Gasteiger partial charge on any atom is 0.201 e. The Morgan fingerprint density at radius 3 is 2.78 bits per heavy atom. The number of aromatic amines is 1. The van der Waals surface area contributed by atoms with E-state index < -0.39 is 0 Å². The van der Waals surface area contributed by atoms with Crippen molar-refractivity contribution < 1.29 is 4.39 Å². The second-order valence-corrected chi connectivity index (χ2v) is 5.26. The number of aromatic nitrogens is 2. The van der Waals surface area contributed by atoms with Gasteiger partial charge in [-0.3, -0.25) is 0 Å². The van der Waals surface area contributed by atoms with Crippen molar-refractivity contribution in [2.24, 2.45) is 5.92 Å². The summed E-state index contributed by atoms with van der Waals surface area (Å²) in [5, 5.41) is 3.32. The Morgan fingerprint density at radius 1 is 1.28 bits per heavy atom. The standard InChI is InChI=1S/C14H20FN3/c1-9(2)4-5-10(3)16-14-17-12-7-6-11(15)8-13(12)18-14/h6-10H,4-5H2,1-3H3,(H2,16,17,18). The molecule has 0 saturated carbocycles. The Hall–Kier alpha value is -1.58. The summed E-state index contributed by atoms with van der Waals surface area (Å²) >= 11 is 0. The van der Waals surface area contributed by atoms with Gasteiger partial charge in [0.1, 0.15) is 5.82 Å². The lowest BCUT2D eigenvalue weighted by atomic mass is 10.0. The van der Waals surface area contributed by atoms with E-state index in [1.807, 2.05) is 0 Å². The van der Waals surface area contributed by atoms with Gasteiger partial charge in [-0.15, -0.1) is 0 Å². The third-order valence-electron chi connectivity index (χ3n) is 3.00. The molecule has 0 radical (unpaired) electrons. The lowest BCUT2D eigenvalue weighted by Gasteiger charge is -2.13. The number of H-pyrrole nitrogens is 1. The minimum absolute atomic E-state index is 0.245. The van der Waals surface area contributed by atoms with E-state index in [1.165, 1.54) is 18.6 Å². The van der Waals surface area contributed by atoms with Crippen molar-refractivity contribution in [1.29, 1.82) is 0 Å². The van der Waals surface area contributed by atoms with Crippen LogP contribution < -0.4 is 5.32 Å². The Kier molecular flexibility index (Phi) is 3.84. The molecule has 4 heteroatoms. The number of halogens is 1. The lowest BCUT2D eigenvalue weighted by Crippen LogP contribution is -2.16. The normalized spacial score (nSPS) is 13.2. The van der Waals surface area contributed by atoms with Gasteiger partial charge in [0, 0.05) is 6.04 Å². The number of imidazole rings is 1. The van der Waals surface area contributed by atoms with E-state index in [2.05, 4.69) is 36.1 Å². The van der Waals surface area contributed by atoms with E-state index in [-0.39, 0.29) is 5.82 Å². The number of fused-ring (bicyclic) bond motifs is 1. The fraction of sp³-hybridized carbons (Fsp3) is 0.500. The summed E-state index contributed by atoms with van der Waals surface area (Å²) in [6.07, 6.45) is 2.28. The molecule has 2 rings (SSSR count). The number of nitrogens with zero attached hydrogens (tertiary/aromatic N) is 1. The van der Waals surface area contributed by atoms with Crippen LogP contribution in [0.3, 0.4) is 0 Å². The summed E-state index contributed by atoms with van der Waals surface area (Å²) in [6, 6.07) is 4.94. The number of benzene rings is 1. The van der Waals surface area contributed by atoms with Gasteiger partial charge in [-0.2, -0.15) is 0 Å². The molecule has 3 nitrogen and oxygen atoms in total. The van der Waals surface area contributed by atoms with Crippen LogP contribution in [0, 0.1) is 11.7 Å². The van der Waals surface area contributed by atoms with E-state index >= 15 is 0 Å². The molecule has 1 unspecified atom stereocenters. The van der Waals surface area contributed by atoms with Crippen LogP contribution in [0.15, 0.2) is 18.2 Å². The fourth-order valence-electron chi connectivity index (χ4n) is 1.94. The van der Waals surface area contributed by atoms with Crippen molar-refractivity contribution in [3.05, 3.63) is 24.0 Å². The first-order chi connectivity index (χ1) is 8.54. The van der Waals surface area contributed by atoms with Crippen LogP contribution in [0.25, 0.3) is 11.0 Å². The van der Waals surface area contributed by atoms with Crippen LogP contribution in [0.4, 0.5) is 10.3 Å². The summed E-state index contributed by atoms with van der Waals surface area (Å²) in [5.41, 5.74) is 1.52. The van der Waals surface area contributed by atoms with Gasteiger partial charge in [-0.1, -0.05) is 13.8 Å². The monoisotopic (exact) mass is 249 g/mol. The molecule has 0 amide bonds. The van der Waals surface area contributed by atoms with Gasteiger partial charge in [0.25, 0.3) is 0 Å². The topological polar surface area (TPSA) is 40.7 Å². The molecule has 0 bridgehead atoms. The summed E-state index contributed by atoms with van der Waals surface area (Å²) < 4.78 is 13.0. The Labute approximate surface area is 107 Å². The van der Waals surface area contributed by atoms with Crippen molar-refractivity contribution in [3.8, 4) is 0 Å². The molecule has 0 aliphatic rings. The molecule has 2 N–H and O–H groups in total. The highest BCUT2D eigenvalue weighted by atomic mass is 19.1. The van der Waals surface area contributed by atoms with Crippen molar-refractivity contribution in [2.75, 3.05) is 5.32 Å². The highest BCUT2D eigenvalue weighted by Crippen LogP contribution is 2.17. The predicted octanol–water partition coefficient (Wildman–Crippen LogP) is 3.94. The minimum Gasteiger partial charge on any atom is -0.353 e. The van der Waals surface area contributed by atoms with Gasteiger partial charge >= 0.3 is 0 Å². The van der Waals surface area contributed by atoms with Gasteiger partial charge in [-0.25, -0.2) is 9.37 Å². The van der Waals surface area contributed by atoms with E-state index in [1.54, 1.807) is 6.07 Å². The largest absolute Gasteiger partial charge is 0.353 e. The van der Waals surface area contributed by atoms with E-state index in [0.29, 0.717) is 17.9 Å². The highest BCUT2D eigenvalue weighted by molar-refractivity contribution is 5.77. The molecule has 0 fully saturated rings. The van der Waals surface area contributed by atoms with Crippen LogP contribution >= 0.6 is 0 Å². The molecule has 1 aromatic carbocycles. The Morgan fingerprint density at radius 2 is 2.06 bits per heavy atom. The molecule has 1 atom stereocenters. The maximum atomic E-state index is 13.0. The summed E-state index contributed by atoms with van der Waals surface area (Å²) in [7, 11) is 0. The second kappa shape index (κ2) is 5.38. The zero-order chi connectivity index (χ0) is 13.1. The van der Waals surface area contributed by atoms with Crippen molar-refractivity contribution in [1.82, 2.24) is 9.97 Å². The molecule has 0 spiro atoms. The Bertz CT molecular complexity index is 519. The van der Waals surface area contributed by atoms with Crippen LogP contribution in [-0.4, -0.2) is 16.0 Å². The summed E-state index contributed by atoms with van der Waals surface area (Å²) in [5.74, 6) is 1.18. The van der Waals surface area contributed by atoms with Gasteiger partial charge in [0.05, 0.1) is 11.0 Å². The van der Waals surface area contributed by atoms with Crippen molar-refractivity contribution in [2.45, 2.75) is 39.7 Å². The number of anilines is 1. The number of rotatable bonds is 5. The van der Waals surface area contributed by atoms with Gasteiger partial charge < -0.3 is 10.3 Å². The predicted molar refractivity (Wildman–Crippen MR) is 73.2 cm³/mol. The van der Waals surface area contributed by atoms with Crippen LogP contribution in [0.1, 0.15) is 33.6 Å². The van der Waals surface area contributed by atoms with Crippen molar-refractivity contribution in [3.63, 3.8) is 0 Å². The van der Waals surface area contributed by atoms with Crippen LogP contribution in [-0.2, 0) is 0 Å². The number of hydrogen-bond donors (Lipinski definition) is 2. The molecule has 2 aromatic rings. The van der Waals surface area contributed by atoms with Gasteiger partial charge in [0.15, 0.2) is 0 Å². The minimum atomic E-state index is -0.245. The molecule has 98 valence electrons. The van der Waals surface area contributed by atoms with Crippen LogP contribution in [0.2, 0.25) is 0 Å². The summed E-state index contributed by atoms with van der Waals surface area (Å²) in [4.78, 5) is 7.48.